The van der Waals surface area contributed by atoms with Gasteiger partial charge >= 0.3 is 5.69 Å². The minimum atomic E-state index is -0.0922. The second-order valence-electron chi connectivity index (χ2n) is 7.47. The zero-order valence-corrected chi connectivity index (χ0v) is 18.3. The van der Waals surface area contributed by atoms with Crippen LogP contribution in [0.3, 0.4) is 0 Å². The number of aromatic nitrogens is 7. The first-order valence-electron chi connectivity index (χ1n) is 10.3. The number of nitrogens with zero attached hydrogens (tertiary/aromatic N) is 6. The molecule has 4 aromatic rings. The lowest BCUT2D eigenvalue weighted by atomic mass is 10.0. The van der Waals surface area contributed by atoms with Gasteiger partial charge in [0, 0.05) is 24.4 Å². The molecule has 0 saturated carbocycles. The first-order chi connectivity index (χ1) is 15.1. The van der Waals surface area contributed by atoms with Crippen molar-refractivity contribution in [3.63, 3.8) is 0 Å². The third kappa shape index (κ3) is 4.29. The lowest BCUT2D eigenvalue weighted by molar-refractivity contribution is 0.649. The summed E-state index contributed by atoms with van der Waals surface area (Å²) in [5, 5.41) is 14.6. The topological polar surface area (TPSA) is 94.3 Å². The molecule has 0 aliphatic carbocycles. The molecule has 9 heteroatoms. The van der Waals surface area contributed by atoms with Crippen LogP contribution in [0.15, 0.2) is 47.4 Å². The Morgan fingerprint density at radius 3 is 2.65 bits per heavy atom. The van der Waals surface area contributed by atoms with E-state index in [4.69, 9.17) is 11.6 Å². The largest absolute Gasteiger partial charge is 0.329 e. The number of pyridine rings is 1. The Morgan fingerprint density at radius 2 is 1.94 bits per heavy atom. The second kappa shape index (κ2) is 9.26. The molecule has 0 bridgehead atoms. The summed E-state index contributed by atoms with van der Waals surface area (Å²) in [6.07, 6.45) is 5.78. The Bertz CT molecular complexity index is 1210. The number of aromatic amines is 1. The average Bonchev–Trinajstić information content (AvgIpc) is 3.40. The molecule has 0 aliphatic rings. The van der Waals surface area contributed by atoms with Crippen molar-refractivity contribution < 1.29 is 0 Å². The van der Waals surface area contributed by atoms with E-state index >= 15 is 0 Å². The number of halogens is 1. The van der Waals surface area contributed by atoms with Gasteiger partial charge in [0.05, 0.1) is 17.9 Å². The highest BCUT2D eigenvalue weighted by molar-refractivity contribution is 6.30. The van der Waals surface area contributed by atoms with Crippen LogP contribution >= 0.6 is 11.6 Å². The first kappa shape index (κ1) is 21.0. The molecule has 1 aromatic carbocycles. The number of H-pyrrole nitrogens is 1. The fourth-order valence-corrected chi connectivity index (χ4v) is 3.95. The van der Waals surface area contributed by atoms with Crippen molar-refractivity contribution in [3.05, 3.63) is 69.5 Å². The Morgan fingerprint density at radius 1 is 1.13 bits per heavy atom. The van der Waals surface area contributed by atoms with Crippen LogP contribution in [0.25, 0.3) is 22.6 Å². The molecule has 0 fully saturated rings. The first-order valence-corrected chi connectivity index (χ1v) is 10.7. The van der Waals surface area contributed by atoms with Gasteiger partial charge in [-0.05, 0) is 41.0 Å². The number of hydrogen-bond donors (Lipinski definition) is 1. The monoisotopic (exact) mass is 437 g/mol. The standard InChI is InChI=1S/C22H24ClN7O/c1-3-4-5-8-18-20(23)29(2)22(31)30(18)14-15-9-11-16(12-10-15)19-17(7-6-13-24-19)21-25-27-28-26-21/h6-7,9-13H,3-5,8,14H2,1-2H3,(H,25,26,27,28). The van der Waals surface area contributed by atoms with Crippen molar-refractivity contribution in [2.45, 2.75) is 39.2 Å². The quantitative estimate of drug-likeness (QED) is 0.422. The molecular weight excluding hydrogens is 414 g/mol. The van der Waals surface area contributed by atoms with E-state index in [9.17, 15) is 4.79 Å². The van der Waals surface area contributed by atoms with Crippen LogP contribution in [-0.4, -0.2) is 34.7 Å². The van der Waals surface area contributed by atoms with Gasteiger partial charge in [-0.15, -0.1) is 5.10 Å². The molecule has 0 amide bonds. The highest BCUT2D eigenvalue weighted by Crippen LogP contribution is 2.28. The normalized spacial score (nSPS) is 11.2. The van der Waals surface area contributed by atoms with Crippen LogP contribution < -0.4 is 5.69 Å². The number of hydrogen-bond acceptors (Lipinski definition) is 5. The van der Waals surface area contributed by atoms with Crippen LogP contribution in [-0.2, 0) is 20.0 Å². The van der Waals surface area contributed by atoms with E-state index in [1.807, 2.05) is 36.4 Å². The second-order valence-corrected chi connectivity index (χ2v) is 7.83. The third-order valence-corrected chi connectivity index (χ3v) is 5.84. The van der Waals surface area contributed by atoms with Crippen LogP contribution in [0, 0.1) is 0 Å². The van der Waals surface area contributed by atoms with Crippen molar-refractivity contribution in [1.82, 2.24) is 34.7 Å². The smallest absolute Gasteiger partial charge is 0.290 e. The molecule has 4 rings (SSSR count). The van der Waals surface area contributed by atoms with E-state index in [0.29, 0.717) is 17.5 Å². The molecule has 8 nitrogen and oxygen atoms in total. The van der Waals surface area contributed by atoms with E-state index in [1.54, 1.807) is 17.8 Å². The van der Waals surface area contributed by atoms with Crippen molar-refractivity contribution in [2.24, 2.45) is 7.05 Å². The molecule has 3 aromatic heterocycles. The Hall–Kier alpha value is -3.26. The maximum Gasteiger partial charge on any atom is 0.329 e. The number of unbranched alkanes of at least 4 members (excludes halogenated alkanes) is 2. The van der Waals surface area contributed by atoms with Crippen molar-refractivity contribution >= 4 is 11.6 Å². The van der Waals surface area contributed by atoms with E-state index in [2.05, 4.69) is 32.5 Å². The van der Waals surface area contributed by atoms with Crippen molar-refractivity contribution in [3.8, 4) is 22.6 Å². The number of imidazole rings is 1. The highest BCUT2D eigenvalue weighted by atomic mass is 35.5. The number of rotatable bonds is 8. The Labute approximate surface area is 184 Å². The summed E-state index contributed by atoms with van der Waals surface area (Å²) in [5.74, 6) is 0.564. The lowest BCUT2D eigenvalue weighted by Gasteiger charge is -2.10. The minimum Gasteiger partial charge on any atom is -0.290 e. The van der Waals surface area contributed by atoms with E-state index in [0.717, 1.165) is 53.8 Å². The molecule has 1 N–H and O–H groups in total. The van der Waals surface area contributed by atoms with E-state index < -0.39 is 0 Å². The highest BCUT2D eigenvalue weighted by Gasteiger charge is 2.17. The molecule has 0 saturated heterocycles. The van der Waals surface area contributed by atoms with Gasteiger partial charge in [-0.25, -0.2) is 9.89 Å². The average molecular weight is 438 g/mol. The maximum atomic E-state index is 12.7. The molecule has 160 valence electrons. The van der Waals surface area contributed by atoms with E-state index in [1.165, 1.54) is 4.57 Å². The third-order valence-electron chi connectivity index (χ3n) is 5.37. The SMILES string of the molecule is CCCCCc1c(Cl)n(C)c(=O)n1Cc1ccc(-c2ncccc2-c2nnn[nH]2)cc1. The molecular formula is C22H24ClN7O. The summed E-state index contributed by atoms with van der Waals surface area (Å²) in [7, 11) is 1.72. The number of nitrogens with one attached hydrogen (secondary N) is 1. The van der Waals surface area contributed by atoms with Gasteiger partial charge in [-0.3, -0.25) is 14.1 Å². The van der Waals surface area contributed by atoms with Crippen molar-refractivity contribution in [2.75, 3.05) is 0 Å². The molecule has 0 aliphatic heterocycles. The molecule has 0 atom stereocenters. The molecule has 0 unspecified atom stereocenters. The van der Waals surface area contributed by atoms with Gasteiger partial charge < -0.3 is 0 Å². The lowest BCUT2D eigenvalue weighted by Crippen LogP contribution is -2.24. The Kier molecular flexibility index (Phi) is 6.27. The molecule has 31 heavy (non-hydrogen) atoms. The minimum absolute atomic E-state index is 0.0922. The van der Waals surface area contributed by atoms with Crippen LogP contribution in [0.4, 0.5) is 0 Å². The van der Waals surface area contributed by atoms with Gasteiger partial charge in [0.25, 0.3) is 0 Å². The fraction of sp³-hybridized carbons (Fsp3) is 0.318. The van der Waals surface area contributed by atoms with Gasteiger partial charge in [0.15, 0.2) is 5.82 Å². The number of tetrazole rings is 1. The zero-order valence-electron chi connectivity index (χ0n) is 17.5. The summed E-state index contributed by atoms with van der Waals surface area (Å²) in [6, 6.07) is 11.8. The van der Waals surface area contributed by atoms with Crippen molar-refractivity contribution in [1.29, 1.82) is 0 Å². The molecule has 0 spiro atoms. The summed E-state index contributed by atoms with van der Waals surface area (Å²) in [4.78, 5) is 17.2. The zero-order chi connectivity index (χ0) is 21.8. The molecule has 3 heterocycles. The maximum absolute atomic E-state index is 12.7. The molecule has 0 radical (unpaired) electrons. The van der Waals surface area contributed by atoms with E-state index in [-0.39, 0.29) is 5.69 Å². The van der Waals surface area contributed by atoms with Gasteiger partial charge in [0.1, 0.15) is 5.15 Å². The Balaban J connectivity index is 1.61. The van der Waals surface area contributed by atoms with Crippen LogP contribution in [0.1, 0.15) is 37.4 Å². The van der Waals surface area contributed by atoms with Crippen LogP contribution in [0.5, 0.6) is 0 Å². The summed E-state index contributed by atoms with van der Waals surface area (Å²) < 4.78 is 3.29. The predicted molar refractivity (Wildman–Crippen MR) is 120 cm³/mol. The fourth-order valence-electron chi connectivity index (χ4n) is 3.68. The van der Waals surface area contributed by atoms with Gasteiger partial charge in [-0.2, -0.15) is 0 Å². The summed E-state index contributed by atoms with van der Waals surface area (Å²) >= 11 is 6.45. The number of benzene rings is 1. The summed E-state index contributed by atoms with van der Waals surface area (Å²) in [5.41, 5.74) is 4.38. The predicted octanol–water partition coefficient (Wildman–Crippen LogP) is 3.86. The summed E-state index contributed by atoms with van der Waals surface area (Å²) in [6.45, 7) is 2.63. The van der Waals surface area contributed by atoms with Crippen LogP contribution in [0.2, 0.25) is 5.15 Å². The van der Waals surface area contributed by atoms with Gasteiger partial charge in [0.2, 0.25) is 0 Å². The van der Waals surface area contributed by atoms with Gasteiger partial charge in [-0.1, -0.05) is 55.6 Å².